The number of amides is 1. The maximum Gasteiger partial charge on any atom is 0.268 e. The molecule has 0 bridgehead atoms. The number of rotatable bonds is 2. The molecule has 0 aliphatic carbocycles. The fourth-order valence-corrected chi connectivity index (χ4v) is 3.27. The summed E-state index contributed by atoms with van der Waals surface area (Å²) in [5, 5.41) is 4.59. The van der Waals surface area contributed by atoms with Gasteiger partial charge in [-0.3, -0.25) is 4.79 Å². The zero-order valence-electron chi connectivity index (χ0n) is 12.6. The molecule has 1 aliphatic heterocycles. The Morgan fingerprint density at radius 2 is 1.96 bits per heavy atom. The number of carbonyl (C=O) groups excluding carboxylic acids is 1. The van der Waals surface area contributed by atoms with E-state index in [1.807, 2.05) is 42.5 Å². The number of aromatic nitrogens is 1. The molecule has 1 aromatic heterocycles. The summed E-state index contributed by atoms with van der Waals surface area (Å²) in [5.74, 6) is 0.735. The third-order valence-electron chi connectivity index (χ3n) is 4.21. The van der Waals surface area contributed by atoms with Gasteiger partial charge in [-0.1, -0.05) is 23.7 Å². The van der Waals surface area contributed by atoms with Crippen molar-refractivity contribution in [3.05, 3.63) is 53.2 Å². The van der Waals surface area contributed by atoms with E-state index < -0.39 is 0 Å². The van der Waals surface area contributed by atoms with E-state index in [9.17, 15) is 4.79 Å². The summed E-state index contributed by atoms with van der Waals surface area (Å²) >= 11 is 6.01. The molecular formula is C18H15ClN2O2. The average Bonchev–Trinajstić information content (AvgIpc) is 2.95. The molecule has 23 heavy (non-hydrogen) atoms. The quantitative estimate of drug-likeness (QED) is 0.780. The molecule has 4 nitrogen and oxygen atoms in total. The van der Waals surface area contributed by atoms with Crippen molar-refractivity contribution >= 4 is 28.4 Å². The summed E-state index contributed by atoms with van der Waals surface area (Å²) in [5.41, 5.74) is 3.83. The minimum atomic E-state index is -0.0338. The van der Waals surface area contributed by atoms with Crippen LogP contribution >= 0.6 is 11.6 Å². The highest BCUT2D eigenvalue weighted by Crippen LogP contribution is 2.36. The number of carbonyl (C=O) groups is 1. The van der Waals surface area contributed by atoms with Gasteiger partial charge < -0.3 is 14.6 Å². The van der Waals surface area contributed by atoms with E-state index in [0.29, 0.717) is 17.3 Å². The topological polar surface area (TPSA) is 43.3 Å². The van der Waals surface area contributed by atoms with Crippen LogP contribution in [0.25, 0.3) is 22.0 Å². The Morgan fingerprint density at radius 3 is 2.70 bits per heavy atom. The number of nitrogens with zero attached hydrogens (tertiary/aromatic N) is 1. The number of ether oxygens (including phenoxy) is 1. The second-order valence-electron chi connectivity index (χ2n) is 5.56. The van der Waals surface area contributed by atoms with Gasteiger partial charge in [-0.05, 0) is 35.9 Å². The predicted molar refractivity (Wildman–Crippen MR) is 91.3 cm³/mol. The van der Waals surface area contributed by atoms with Gasteiger partial charge in [-0.2, -0.15) is 0 Å². The summed E-state index contributed by atoms with van der Waals surface area (Å²) in [4.78, 5) is 12.1. The zero-order valence-corrected chi connectivity index (χ0v) is 13.4. The van der Waals surface area contributed by atoms with E-state index in [2.05, 4.69) is 9.88 Å². The monoisotopic (exact) mass is 326 g/mol. The van der Waals surface area contributed by atoms with Crippen LogP contribution in [0.5, 0.6) is 5.75 Å². The highest BCUT2D eigenvalue weighted by atomic mass is 35.5. The van der Waals surface area contributed by atoms with Crippen LogP contribution in [0, 0.1) is 0 Å². The van der Waals surface area contributed by atoms with Crippen LogP contribution < -0.4 is 10.1 Å². The lowest BCUT2D eigenvalue weighted by Gasteiger charge is -2.18. The first-order valence-corrected chi connectivity index (χ1v) is 7.80. The second-order valence-corrected chi connectivity index (χ2v) is 5.99. The smallest absolute Gasteiger partial charge is 0.268 e. The van der Waals surface area contributed by atoms with Gasteiger partial charge in [-0.25, -0.2) is 0 Å². The Morgan fingerprint density at radius 1 is 1.17 bits per heavy atom. The Kier molecular flexibility index (Phi) is 3.27. The van der Waals surface area contributed by atoms with Gasteiger partial charge in [0.2, 0.25) is 0 Å². The first kappa shape index (κ1) is 14.2. The fraction of sp³-hybridized carbons (Fsp3) is 0.167. The standard InChI is InChI=1S/C18H15ClN2O2/c1-23-14-8-12-9-16-18(22)20-6-7-21(16)17(12)15(10-14)11-2-4-13(19)5-3-11/h2-5,8-10H,6-7H2,1H3,(H,20,22). The molecule has 2 heterocycles. The van der Waals surface area contributed by atoms with Crippen LogP contribution in [0.1, 0.15) is 10.5 Å². The number of fused-ring (bicyclic) bond motifs is 3. The predicted octanol–water partition coefficient (Wildman–Crippen LogP) is 3.71. The largest absolute Gasteiger partial charge is 0.497 e. The van der Waals surface area contributed by atoms with Crippen molar-refractivity contribution in [2.24, 2.45) is 0 Å². The molecule has 0 saturated heterocycles. The third kappa shape index (κ3) is 2.26. The SMILES string of the molecule is COc1cc(-c2ccc(Cl)cc2)c2c(c1)cc1n2CCNC1=O. The molecule has 0 radical (unpaired) electrons. The van der Waals surface area contributed by atoms with Crippen molar-refractivity contribution in [1.82, 2.24) is 9.88 Å². The molecule has 2 aromatic carbocycles. The number of nitrogens with one attached hydrogen (secondary N) is 1. The van der Waals surface area contributed by atoms with Gasteiger partial charge in [0.15, 0.2) is 0 Å². The van der Waals surface area contributed by atoms with E-state index in [1.54, 1.807) is 7.11 Å². The van der Waals surface area contributed by atoms with Crippen molar-refractivity contribution < 1.29 is 9.53 Å². The Hall–Kier alpha value is -2.46. The lowest BCUT2D eigenvalue weighted by atomic mass is 10.0. The van der Waals surface area contributed by atoms with Gasteiger partial charge in [0.25, 0.3) is 5.91 Å². The molecule has 1 amide bonds. The minimum absolute atomic E-state index is 0.0338. The molecule has 1 N–H and O–H groups in total. The van der Waals surface area contributed by atoms with Crippen molar-refractivity contribution in [2.45, 2.75) is 6.54 Å². The summed E-state index contributed by atoms with van der Waals surface area (Å²) < 4.78 is 7.51. The summed E-state index contributed by atoms with van der Waals surface area (Å²) in [6.45, 7) is 1.40. The number of hydrogen-bond acceptors (Lipinski definition) is 2. The van der Waals surface area contributed by atoms with Crippen molar-refractivity contribution in [3.8, 4) is 16.9 Å². The van der Waals surface area contributed by atoms with Crippen LogP contribution in [0.3, 0.4) is 0 Å². The molecule has 0 spiro atoms. The van der Waals surface area contributed by atoms with Crippen LogP contribution in [-0.4, -0.2) is 24.1 Å². The number of hydrogen-bond donors (Lipinski definition) is 1. The van der Waals surface area contributed by atoms with Crippen molar-refractivity contribution in [1.29, 1.82) is 0 Å². The Bertz CT molecular complexity index is 913. The maximum absolute atomic E-state index is 12.1. The summed E-state index contributed by atoms with van der Waals surface area (Å²) in [7, 11) is 1.65. The van der Waals surface area contributed by atoms with E-state index in [0.717, 1.165) is 34.3 Å². The fourth-order valence-electron chi connectivity index (χ4n) is 3.15. The van der Waals surface area contributed by atoms with E-state index in [1.165, 1.54) is 0 Å². The van der Waals surface area contributed by atoms with Crippen LogP contribution in [0.2, 0.25) is 5.02 Å². The highest BCUT2D eigenvalue weighted by Gasteiger charge is 2.22. The lowest BCUT2D eigenvalue weighted by Crippen LogP contribution is -2.34. The molecule has 0 saturated carbocycles. The van der Waals surface area contributed by atoms with Gasteiger partial charge in [0.1, 0.15) is 11.4 Å². The normalized spacial score (nSPS) is 13.7. The zero-order chi connectivity index (χ0) is 16.0. The minimum Gasteiger partial charge on any atom is -0.497 e. The molecule has 116 valence electrons. The van der Waals surface area contributed by atoms with E-state index in [4.69, 9.17) is 16.3 Å². The molecule has 4 rings (SSSR count). The van der Waals surface area contributed by atoms with Crippen molar-refractivity contribution in [2.75, 3.05) is 13.7 Å². The molecule has 1 aliphatic rings. The molecule has 0 unspecified atom stereocenters. The third-order valence-corrected chi connectivity index (χ3v) is 4.46. The number of benzene rings is 2. The average molecular weight is 327 g/mol. The Labute approximate surface area is 138 Å². The van der Waals surface area contributed by atoms with Crippen LogP contribution in [-0.2, 0) is 6.54 Å². The molecular weight excluding hydrogens is 312 g/mol. The first-order chi connectivity index (χ1) is 11.2. The van der Waals surface area contributed by atoms with E-state index >= 15 is 0 Å². The number of halogens is 1. The van der Waals surface area contributed by atoms with Gasteiger partial charge in [-0.15, -0.1) is 0 Å². The first-order valence-electron chi connectivity index (χ1n) is 7.43. The van der Waals surface area contributed by atoms with Gasteiger partial charge >= 0.3 is 0 Å². The number of methoxy groups -OCH3 is 1. The summed E-state index contributed by atoms with van der Waals surface area (Å²) in [6, 6.07) is 13.6. The Balaban J connectivity index is 2.05. The van der Waals surface area contributed by atoms with Crippen LogP contribution in [0.4, 0.5) is 0 Å². The van der Waals surface area contributed by atoms with E-state index in [-0.39, 0.29) is 5.91 Å². The van der Waals surface area contributed by atoms with Gasteiger partial charge in [0.05, 0.1) is 12.6 Å². The molecule has 0 atom stereocenters. The molecule has 3 aromatic rings. The van der Waals surface area contributed by atoms with Crippen molar-refractivity contribution in [3.63, 3.8) is 0 Å². The van der Waals surface area contributed by atoms with Crippen LogP contribution in [0.15, 0.2) is 42.5 Å². The highest BCUT2D eigenvalue weighted by molar-refractivity contribution is 6.30. The molecule has 0 fully saturated rings. The van der Waals surface area contributed by atoms with Gasteiger partial charge in [0, 0.05) is 29.1 Å². The molecule has 5 heteroatoms. The second kappa shape index (κ2) is 5.32. The summed E-state index contributed by atoms with van der Waals surface area (Å²) in [6.07, 6.45) is 0. The lowest BCUT2D eigenvalue weighted by molar-refractivity contribution is 0.0929. The maximum atomic E-state index is 12.1.